The van der Waals surface area contributed by atoms with Crippen molar-refractivity contribution in [3.05, 3.63) is 82.9 Å². The van der Waals surface area contributed by atoms with Crippen molar-refractivity contribution in [2.24, 2.45) is 0 Å². The third kappa shape index (κ3) is 44.5. The predicted molar refractivity (Wildman–Crippen MR) is 406 cm³/mol. The molecule has 0 aliphatic carbocycles. The van der Waals surface area contributed by atoms with Crippen molar-refractivity contribution < 1.29 is 25.9 Å². The molecule has 0 atom stereocenters. The van der Waals surface area contributed by atoms with E-state index >= 15 is 0 Å². The Balaban J connectivity index is 0.000000627. The van der Waals surface area contributed by atoms with E-state index in [0.29, 0.717) is 0 Å². The molecule has 4 aromatic rings. The fourth-order valence-corrected chi connectivity index (χ4v) is 15.3. The molecule has 0 saturated heterocycles. The second-order valence-electron chi connectivity index (χ2n) is 28.5. The summed E-state index contributed by atoms with van der Waals surface area (Å²) < 4.78 is 72.5. The second kappa shape index (κ2) is 59.6. The summed E-state index contributed by atoms with van der Waals surface area (Å²) in [4.78, 5) is -0.123. The van der Waals surface area contributed by atoms with Gasteiger partial charge in [-0.25, -0.2) is 16.8 Å². The summed E-state index contributed by atoms with van der Waals surface area (Å²) in [5.74, 6) is 0. The number of fused-ring (bicyclic) bond motifs is 2. The molecule has 4 rings (SSSR count). The molecule has 0 amide bonds. The summed E-state index contributed by atoms with van der Waals surface area (Å²) in [5, 5.41) is 4.19. The zero-order valence-corrected chi connectivity index (χ0v) is 67.2. The number of rotatable bonds is 62. The summed E-state index contributed by atoms with van der Waals surface area (Å²) in [7, 11) is -8.98. The minimum absolute atomic E-state index is 0. The van der Waals surface area contributed by atoms with Crippen molar-refractivity contribution in [3.8, 4) is 0 Å². The maximum absolute atomic E-state index is 12.1. The van der Waals surface area contributed by atoms with E-state index in [1.165, 1.54) is 332 Å². The molecular weight excluding hydrogens is 1310 g/mol. The maximum atomic E-state index is 12.1. The van der Waals surface area contributed by atoms with Gasteiger partial charge < -0.3 is 9.11 Å². The minimum atomic E-state index is -4.49. The number of benzene rings is 4. The van der Waals surface area contributed by atoms with Gasteiger partial charge in [0.15, 0.2) is 0 Å². The van der Waals surface area contributed by atoms with Crippen LogP contribution in [-0.4, -0.2) is 74.8 Å². The summed E-state index contributed by atoms with van der Waals surface area (Å²) in [6.45, 7) is 9.11. The van der Waals surface area contributed by atoms with Crippen molar-refractivity contribution in [3.63, 3.8) is 0 Å². The van der Waals surface area contributed by atoms with E-state index in [9.17, 15) is 25.9 Å². The van der Waals surface area contributed by atoms with E-state index in [-0.39, 0.29) is 58.7 Å². The van der Waals surface area contributed by atoms with Crippen LogP contribution in [0, 0.1) is 0 Å². The molecule has 0 unspecified atom stereocenters. The topological polar surface area (TPSA) is 114 Å². The van der Waals surface area contributed by atoms with Crippen LogP contribution in [0.4, 0.5) is 0 Å². The van der Waals surface area contributed by atoms with E-state index in [0.717, 1.165) is 96.9 Å². The molecule has 0 spiro atoms. The first-order chi connectivity index (χ1) is 44.9. The Morgan fingerprint density at radius 2 is 0.398 bits per heavy atom. The molecule has 0 aromatic heterocycles. The average Bonchev–Trinajstić information content (AvgIpc) is 1.00. The van der Waals surface area contributed by atoms with E-state index < -0.39 is 20.2 Å². The van der Waals surface area contributed by atoms with Crippen LogP contribution in [-0.2, 0) is 45.9 Å². The van der Waals surface area contributed by atoms with Crippen molar-refractivity contribution >= 4 is 90.7 Å². The Morgan fingerprint density at radius 3 is 0.581 bits per heavy atom. The van der Waals surface area contributed by atoms with E-state index in [2.05, 4.69) is 64.1 Å². The molecule has 93 heavy (non-hydrogen) atoms. The molecule has 6 nitrogen and oxygen atoms in total. The minimum Gasteiger partial charge on any atom is -0.744 e. The van der Waals surface area contributed by atoms with Crippen LogP contribution < -0.4 is 0 Å². The summed E-state index contributed by atoms with van der Waals surface area (Å²) in [6, 6.07) is 19.3. The van der Waals surface area contributed by atoms with Gasteiger partial charge in [-0.1, -0.05) is 398 Å². The molecule has 0 radical (unpaired) electrons. The fourth-order valence-electron chi connectivity index (χ4n) is 14.2. The monoisotopic (exact) mass is 1450 g/mol. The Hall–Kier alpha value is -1.21. The molecule has 0 aliphatic heterocycles. The molecule has 9 heteroatoms. The van der Waals surface area contributed by atoms with Crippen molar-refractivity contribution in [1.29, 1.82) is 0 Å². The van der Waals surface area contributed by atoms with Crippen molar-refractivity contribution in [1.82, 2.24) is 0 Å². The summed E-state index contributed by atoms with van der Waals surface area (Å²) >= 11 is 0. The number of hydrogen-bond acceptors (Lipinski definition) is 6. The standard InChI is InChI=1S/2C42H72O3S.Ba/c2*1-3-5-7-9-11-13-15-17-19-21-23-25-27-29-32-38-34-31-35-41-39(36-40(37-42(38)41)46(43,44)45)33-30-28-26-24-22-20-18-16-14-12-10-8-6-4-2;/h2*31,34-37H,3-30,32-33H2,1-2H3,(H,43,44,45);/q;;+2/p-2. The van der Waals surface area contributed by atoms with Gasteiger partial charge in [0.05, 0.1) is 9.79 Å². The number of unbranched alkanes of at least 4 members (excludes halogenated alkanes) is 52. The Kier molecular flexibility index (Phi) is 56.4. The van der Waals surface area contributed by atoms with Gasteiger partial charge in [0.25, 0.3) is 0 Å². The van der Waals surface area contributed by atoms with Crippen molar-refractivity contribution in [2.45, 2.75) is 423 Å². The number of hydrogen-bond donors (Lipinski definition) is 0. The Bertz CT molecular complexity index is 2430. The van der Waals surface area contributed by atoms with Crippen LogP contribution >= 0.6 is 0 Å². The van der Waals surface area contributed by atoms with Gasteiger partial charge in [-0.2, -0.15) is 0 Å². The molecule has 0 bridgehead atoms. The largest absolute Gasteiger partial charge is 2.00 e. The molecule has 0 N–H and O–H groups in total. The van der Waals surface area contributed by atoms with Gasteiger partial charge >= 0.3 is 48.9 Å². The zero-order chi connectivity index (χ0) is 66.3. The molecular formula is C84H142BaO6S2. The number of aryl methyl sites for hydroxylation is 4. The van der Waals surface area contributed by atoms with E-state index in [4.69, 9.17) is 0 Å². The fraction of sp³-hybridized carbons (Fsp3) is 0.762. The molecule has 528 valence electrons. The van der Waals surface area contributed by atoms with E-state index in [1.807, 2.05) is 0 Å². The average molecular weight is 1450 g/mol. The first-order valence-corrected chi connectivity index (χ1v) is 42.8. The van der Waals surface area contributed by atoms with Gasteiger partial charge in [-0.15, -0.1) is 0 Å². The van der Waals surface area contributed by atoms with Crippen LogP contribution in [0.25, 0.3) is 21.5 Å². The van der Waals surface area contributed by atoms with Crippen molar-refractivity contribution in [2.75, 3.05) is 0 Å². The predicted octanol–water partition coefficient (Wildman–Crippen LogP) is 27.2. The smallest absolute Gasteiger partial charge is 0.744 e. The third-order valence-electron chi connectivity index (χ3n) is 20.1. The van der Waals surface area contributed by atoms with E-state index in [1.54, 1.807) is 24.3 Å². The third-order valence-corrected chi connectivity index (χ3v) is 21.7. The van der Waals surface area contributed by atoms with Crippen LogP contribution in [0.5, 0.6) is 0 Å². The summed E-state index contributed by atoms with van der Waals surface area (Å²) in [5.41, 5.74) is 4.41. The molecule has 4 aromatic carbocycles. The molecule has 0 aliphatic rings. The first-order valence-electron chi connectivity index (χ1n) is 39.9. The first kappa shape index (κ1) is 87.9. The van der Waals surface area contributed by atoms with Crippen LogP contribution in [0.2, 0.25) is 0 Å². The maximum Gasteiger partial charge on any atom is 2.00 e. The summed E-state index contributed by atoms with van der Waals surface area (Å²) in [6.07, 6.45) is 78.1. The van der Waals surface area contributed by atoms with Gasteiger partial charge in [-0.05, 0) is 119 Å². The Labute approximate surface area is 616 Å². The van der Waals surface area contributed by atoms with Gasteiger partial charge in [0, 0.05) is 0 Å². The normalized spacial score (nSPS) is 11.8. The van der Waals surface area contributed by atoms with Crippen LogP contribution in [0.1, 0.15) is 410 Å². The Morgan fingerprint density at radius 1 is 0.226 bits per heavy atom. The van der Waals surface area contributed by atoms with Gasteiger partial charge in [0.1, 0.15) is 20.2 Å². The molecule has 0 saturated carbocycles. The van der Waals surface area contributed by atoms with Crippen LogP contribution in [0.15, 0.2) is 70.5 Å². The van der Waals surface area contributed by atoms with Gasteiger partial charge in [-0.3, -0.25) is 0 Å². The van der Waals surface area contributed by atoms with Crippen LogP contribution in [0.3, 0.4) is 0 Å². The molecule has 0 fully saturated rings. The zero-order valence-electron chi connectivity index (χ0n) is 61.2. The van der Waals surface area contributed by atoms with Gasteiger partial charge in [0.2, 0.25) is 0 Å². The second-order valence-corrected chi connectivity index (χ2v) is 31.2. The quantitative estimate of drug-likeness (QED) is 0.0247. The molecule has 0 heterocycles. The SMILES string of the molecule is CCCCCCCCCCCCCCCCc1cc(S(=O)(=O)[O-])cc2c(CCCCCCCCCCCCCCCC)cccc12.CCCCCCCCCCCCCCCCc1cc(S(=O)(=O)[O-])cc2c(CCCCCCCCCCCCCCCC)cccc12.[Ba+2].